The van der Waals surface area contributed by atoms with E-state index in [0.717, 1.165) is 26.1 Å². The highest BCUT2D eigenvalue weighted by Crippen LogP contribution is 2.28. The number of benzene rings is 4. The number of ether oxygens (including phenoxy) is 1. The summed E-state index contributed by atoms with van der Waals surface area (Å²) in [6, 6.07) is 30.0. The van der Waals surface area contributed by atoms with Crippen molar-refractivity contribution in [1.82, 2.24) is 0 Å². The number of fused-ring (bicyclic) bond motifs is 1. The van der Waals surface area contributed by atoms with Crippen molar-refractivity contribution in [3.8, 4) is 5.75 Å². The lowest BCUT2D eigenvalue weighted by atomic mass is 10.1. The normalized spacial score (nSPS) is 14.7. The Morgan fingerprint density at radius 1 is 0.939 bits per heavy atom. The number of hydrazone groups is 1. The molecule has 4 aromatic rings. The number of para-hydroxylation sites is 1. The van der Waals surface area contributed by atoms with Crippen molar-refractivity contribution >= 4 is 56.7 Å². The zero-order chi connectivity index (χ0) is 22.8. The predicted molar refractivity (Wildman–Crippen MR) is 142 cm³/mol. The predicted octanol–water partition coefficient (Wildman–Crippen LogP) is 6.83. The molecular weight excluding hydrogens is 523 g/mol. The summed E-state index contributed by atoms with van der Waals surface area (Å²) in [7, 11) is 0. The second-order valence-corrected chi connectivity index (χ2v) is 8.97. The first kappa shape index (κ1) is 21.4. The SMILES string of the molecule is CC1=NN(c2ccccc2)C(=O)/C1=C/c1ccc(OCc2cccc3ccccc23)c(I)c1. The molecule has 0 N–H and O–H groups in total. The fourth-order valence-electron chi connectivity index (χ4n) is 3.89. The lowest BCUT2D eigenvalue weighted by Gasteiger charge is -2.12. The summed E-state index contributed by atoms with van der Waals surface area (Å²) in [5.74, 6) is 0.699. The maximum Gasteiger partial charge on any atom is 0.280 e. The Balaban J connectivity index is 1.34. The lowest BCUT2D eigenvalue weighted by molar-refractivity contribution is -0.114. The molecule has 0 bridgehead atoms. The van der Waals surface area contributed by atoms with Gasteiger partial charge in [-0.25, -0.2) is 0 Å². The van der Waals surface area contributed by atoms with Crippen LogP contribution in [0.15, 0.2) is 102 Å². The number of hydrogen-bond donors (Lipinski definition) is 0. The van der Waals surface area contributed by atoms with Gasteiger partial charge in [0.05, 0.1) is 20.5 Å². The first-order valence-corrected chi connectivity index (χ1v) is 11.7. The molecule has 1 aliphatic rings. The molecular formula is C28H21IN2O2. The minimum absolute atomic E-state index is 0.120. The lowest BCUT2D eigenvalue weighted by Crippen LogP contribution is -2.21. The molecule has 0 radical (unpaired) electrons. The van der Waals surface area contributed by atoms with Crippen molar-refractivity contribution in [2.75, 3.05) is 5.01 Å². The van der Waals surface area contributed by atoms with E-state index in [1.54, 1.807) is 0 Å². The van der Waals surface area contributed by atoms with Crippen LogP contribution < -0.4 is 9.75 Å². The summed E-state index contributed by atoms with van der Waals surface area (Å²) in [6.45, 7) is 2.35. The summed E-state index contributed by atoms with van der Waals surface area (Å²) in [4.78, 5) is 13.0. The number of amides is 1. The van der Waals surface area contributed by atoms with E-state index in [9.17, 15) is 4.79 Å². The Labute approximate surface area is 206 Å². The van der Waals surface area contributed by atoms with Gasteiger partial charge in [0.1, 0.15) is 12.4 Å². The number of anilines is 1. The third-order valence-electron chi connectivity index (χ3n) is 5.59. The van der Waals surface area contributed by atoms with Crippen molar-refractivity contribution in [3.63, 3.8) is 0 Å². The average Bonchev–Trinajstić information content (AvgIpc) is 3.12. The highest BCUT2D eigenvalue weighted by molar-refractivity contribution is 14.1. The van der Waals surface area contributed by atoms with E-state index in [4.69, 9.17) is 4.74 Å². The van der Waals surface area contributed by atoms with Gasteiger partial charge in [0.15, 0.2) is 0 Å². The van der Waals surface area contributed by atoms with Crippen LogP contribution in [0.25, 0.3) is 16.8 Å². The summed E-state index contributed by atoms with van der Waals surface area (Å²) in [5.41, 5.74) is 4.15. The Kier molecular flexibility index (Phi) is 5.96. The van der Waals surface area contributed by atoms with Crippen LogP contribution in [0.1, 0.15) is 18.1 Å². The van der Waals surface area contributed by atoms with Crippen molar-refractivity contribution in [2.45, 2.75) is 13.5 Å². The highest BCUT2D eigenvalue weighted by atomic mass is 127. The van der Waals surface area contributed by atoms with Gasteiger partial charge in [0.25, 0.3) is 5.91 Å². The van der Waals surface area contributed by atoms with Crippen LogP contribution in [0.5, 0.6) is 5.75 Å². The van der Waals surface area contributed by atoms with Crippen LogP contribution in [0.4, 0.5) is 5.69 Å². The van der Waals surface area contributed by atoms with Gasteiger partial charge in [-0.2, -0.15) is 10.1 Å². The van der Waals surface area contributed by atoms with E-state index >= 15 is 0 Å². The van der Waals surface area contributed by atoms with Gasteiger partial charge in [0, 0.05) is 0 Å². The Morgan fingerprint density at radius 2 is 1.70 bits per heavy atom. The third kappa shape index (κ3) is 4.41. The first-order chi connectivity index (χ1) is 16.1. The molecule has 0 aromatic heterocycles. The van der Waals surface area contributed by atoms with Crippen LogP contribution in [0.2, 0.25) is 0 Å². The van der Waals surface area contributed by atoms with Crippen molar-refractivity contribution in [3.05, 3.63) is 111 Å². The molecule has 1 amide bonds. The minimum atomic E-state index is -0.120. The topological polar surface area (TPSA) is 41.9 Å². The summed E-state index contributed by atoms with van der Waals surface area (Å²) >= 11 is 2.28. The zero-order valence-corrected chi connectivity index (χ0v) is 20.2. The van der Waals surface area contributed by atoms with Gasteiger partial charge in [-0.1, -0.05) is 66.7 Å². The van der Waals surface area contributed by atoms with Crippen LogP contribution in [-0.2, 0) is 11.4 Å². The quantitative estimate of drug-likeness (QED) is 0.204. The fraction of sp³-hybridized carbons (Fsp3) is 0.0714. The molecule has 4 nitrogen and oxygen atoms in total. The van der Waals surface area contributed by atoms with Crippen molar-refractivity contribution < 1.29 is 9.53 Å². The van der Waals surface area contributed by atoms with E-state index in [0.29, 0.717) is 17.9 Å². The number of rotatable bonds is 5. The second-order valence-electron chi connectivity index (χ2n) is 7.81. The zero-order valence-electron chi connectivity index (χ0n) is 18.0. The van der Waals surface area contributed by atoms with Gasteiger partial charge in [-0.3, -0.25) is 4.79 Å². The Hall–Kier alpha value is -3.45. The van der Waals surface area contributed by atoms with Crippen LogP contribution in [-0.4, -0.2) is 11.6 Å². The van der Waals surface area contributed by atoms with Gasteiger partial charge < -0.3 is 4.74 Å². The number of nitrogens with zero attached hydrogens (tertiary/aromatic N) is 2. The molecule has 33 heavy (non-hydrogen) atoms. The molecule has 0 atom stereocenters. The molecule has 1 heterocycles. The molecule has 1 aliphatic heterocycles. The maximum absolute atomic E-state index is 13.0. The van der Waals surface area contributed by atoms with Gasteiger partial charge in [0.2, 0.25) is 0 Å². The molecule has 4 aromatic carbocycles. The first-order valence-electron chi connectivity index (χ1n) is 10.7. The van der Waals surface area contributed by atoms with E-state index < -0.39 is 0 Å². The molecule has 0 spiro atoms. The van der Waals surface area contributed by atoms with Crippen LogP contribution in [0, 0.1) is 3.57 Å². The highest BCUT2D eigenvalue weighted by Gasteiger charge is 2.28. The summed E-state index contributed by atoms with van der Waals surface area (Å²) in [6.07, 6.45) is 1.89. The molecule has 0 saturated heterocycles. The summed E-state index contributed by atoms with van der Waals surface area (Å²) < 4.78 is 7.13. The standard InChI is InChI=1S/C28H21IN2O2/c1-19-25(28(32)31(30-19)23-11-3-2-4-12-23)16-20-14-15-27(26(29)17-20)33-18-22-10-7-9-21-8-5-6-13-24(21)22/h2-17H,18H2,1H3/b25-16+. The molecule has 162 valence electrons. The van der Waals surface area contributed by atoms with Crippen LogP contribution in [0.3, 0.4) is 0 Å². The largest absolute Gasteiger partial charge is 0.488 e. The number of halogens is 1. The molecule has 0 fully saturated rings. The monoisotopic (exact) mass is 544 g/mol. The molecule has 0 unspecified atom stereocenters. The van der Waals surface area contributed by atoms with E-state index in [1.807, 2.05) is 73.7 Å². The maximum atomic E-state index is 13.0. The Bertz CT molecular complexity index is 1400. The minimum Gasteiger partial charge on any atom is -0.488 e. The van der Waals surface area contributed by atoms with E-state index in [-0.39, 0.29) is 5.91 Å². The molecule has 5 rings (SSSR count). The average molecular weight is 544 g/mol. The van der Waals surface area contributed by atoms with Gasteiger partial charge in [-0.05, 0) is 81.8 Å². The molecule has 0 aliphatic carbocycles. The smallest absolute Gasteiger partial charge is 0.280 e. The Morgan fingerprint density at radius 3 is 2.52 bits per heavy atom. The number of carbonyl (C=O) groups is 1. The fourth-order valence-corrected chi connectivity index (χ4v) is 4.59. The molecule has 5 heteroatoms. The van der Waals surface area contributed by atoms with E-state index in [2.05, 4.69) is 58.0 Å². The summed E-state index contributed by atoms with van der Waals surface area (Å²) in [5, 5.41) is 8.31. The van der Waals surface area contributed by atoms with Crippen LogP contribution >= 0.6 is 22.6 Å². The van der Waals surface area contributed by atoms with E-state index in [1.165, 1.54) is 15.8 Å². The molecule has 0 saturated carbocycles. The van der Waals surface area contributed by atoms with Gasteiger partial charge >= 0.3 is 0 Å². The third-order valence-corrected chi connectivity index (χ3v) is 6.44. The number of carbonyl (C=O) groups excluding carboxylic acids is 1. The second kappa shape index (κ2) is 9.19. The number of hydrogen-bond acceptors (Lipinski definition) is 3. The van der Waals surface area contributed by atoms with Gasteiger partial charge in [-0.15, -0.1) is 0 Å². The van der Waals surface area contributed by atoms with Crippen molar-refractivity contribution in [1.29, 1.82) is 0 Å². The van der Waals surface area contributed by atoms with Crippen molar-refractivity contribution in [2.24, 2.45) is 5.10 Å².